The van der Waals surface area contributed by atoms with Crippen molar-refractivity contribution in [3.63, 3.8) is 0 Å². The lowest BCUT2D eigenvalue weighted by atomic mass is 9.48. The average molecular weight is 464 g/mol. The maximum Gasteiger partial charge on any atom is 0.427 e. The molecule has 0 amide bonds. The third kappa shape index (κ3) is 4.34. The molecule has 7 nitrogen and oxygen atoms in total. The molecule has 32 heavy (non-hydrogen) atoms. The van der Waals surface area contributed by atoms with Crippen LogP contribution >= 0.6 is 0 Å². The molecule has 0 saturated heterocycles. The Morgan fingerprint density at radius 1 is 0.938 bits per heavy atom. The second-order valence-electron chi connectivity index (χ2n) is 11.0. The van der Waals surface area contributed by atoms with Crippen LogP contribution in [0.15, 0.2) is 0 Å². The lowest BCUT2D eigenvalue weighted by Crippen LogP contribution is -2.65. The Kier molecular flexibility index (Phi) is 5.89. The van der Waals surface area contributed by atoms with Gasteiger partial charge in [-0.25, -0.2) is 9.59 Å². The molecule has 4 aliphatic carbocycles. The van der Waals surface area contributed by atoms with E-state index in [2.05, 4.69) is 4.74 Å². The van der Waals surface area contributed by atoms with Crippen LogP contribution < -0.4 is 0 Å². The highest BCUT2D eigenvalue weighted by Crippen LogP contribution is 2.62. The Morgan fingerprint density at radius 2 is 1.47 bits per heavy atom. The molecule has 1 N–H and O–H groups in total. The Hall–Kier alpha value is -1.84. The Morgan fingerprint density at radius 3 is 1.94 bits per heavy atom. The number of carbonyl (C=O) groups is 3. The van der Waals surface area contributed by atoms with Gasteiger partial charge in [0.25, 0.3) is 5.60 Å². The normalized spacial score (nSPS) is 35.7. The van der Waals surface area contributed by atoms with Gasteiger partial charge in [0.05, 0.1) is 5.41 Å². The molecule has 10 heteroatoms. The summed E-state index contributed by atoms with van der Waals surface area (Å²) in [6, 6.07) is 0. The standard InChI is InChI=1S/C22H31F3O7/c1-18(2,3)16(27)32-21-8-12-6-13(9-21)19(4,14(7-12)10-21)31-15(26)11-30-17(28)20(5,29)22(23,24)25/h12-14,29H,6-11H2,1-5H3. The minimum atomic E-state index is -5.24. The summed E-state index contributed by atoms with van der Waals surface area (Å²) in [6.07, 6.45) is -1.81. The Labute approximate surface area is 185 Å². The van der Waals surface area contributed by atoms with Crippen LogP contribution in [0.4, 0.5) is 13.2 Å². The Bertz CT molecular complexity index is 780. The summed E-state index contributed by atoms with van der Waals surface area (Å²) >= 11 is 0. The first-order valence-corrected chi connectivity index (χ1v) is 10.8. The van der Waals surface area contributed by atoms with Crippen molar-refractivity contribution in [3.8, 4) is 0 Å². The van der Waals surface area contributed by atoms with Gasteiger partial charge in [0.1, 0.15) is 11.2 Å². The molecule has 0 aromatic carbocycles. The summed E-state index contributed by atoms with van der Waals surface area (Å²) in [5.74, 6) is -3.05. The van der Waals surface area contributed by atoms with Gasteiger partial charge in [0.2, 0.25) is 0 Å². The SMILES string of the molecule is CC(C)(C)C(=O)OC12CC3CC(C1)C(C)(OC(=O)COC(=O)C(C)(O)C(F)(F)F)C(C3)C2. The number of ether oxygens (including phenoxy) is 3. The summed E-state index contributed by atoms with van der Waals surface area (Å²) in [5, 5.41) is 9.33. The van der Waals surface area contributed by atoms with Gasteiger partial charge < -0.3 is 19.3 Å². The van der Waals surface area contributed by atoms with E-state index >= 15 is 0 Å². The number of alkyl halides is 3. The zero-order valence-electron chi connectivity index (χ0n) is 19.0. The van der Waals surface area contributed by atoms with Crippen molar-refractivity contribution in [1.29, 1.82) is 0 Å². The number of hydrogen-bond donors (Lipinski definition) is 1. The maximum absolute atomic E-state index is 12.7. The van der Waals surface area contributed by atoms with Gasteiger partial charge in [-0.3, -0.25) is 4.79 Å². The first-order chi connectivity index (χ1) is 14.4. The van der Waals surface area contributed by atoms with Gasteiger partial charge in [-0.15, -0.1) is 0 Å². The molecular weight excluding hydrogens is 433 g/mol. The van der Waals surface area contributed by atoms with E-state index < -0.39 is 46.9 Å². The fourth-order valence-corrected chi connectivity index (χ4v) is 5.41. The molecule has 0 heterocycles. The van der Waals surface area contributed by atoms with Gasteiger partial charge in [-0.1, -0.05) is 0 Å². The molecule has 4 rings (SSSR count). The predicted octanol–water partition coefficient (Wildman–Crippen LogP) is 3.31. The van der Waals surface area contributed by atoms with Crippen LogP contribution in [0.1, 0.15) is 66.7 Å². The van der Waals surface area contributed by atoms with Crippen molar-refractivity contribution in [2.24, 2.45) is 23.2 Å². The van der Waals surface area contributed by atoms with Gasteiger partial charge in [-0.05, 0) is 72.6 Å². The first kappa shape index (κ1) is 24.8. The minimum Gasteiger partial charge on any atom is -0.459 e. The van der Waals surface area contributed by atoms with Crippen LogP contribution in [-0.2, 0) is 28.6 Å². The fourth-order valence-electron chi connectivity index (χ4n) is 5.41. The molecule has 4 bridgehead atoms. The monoisotopic (exact) mass is 464 g/mol. The van der Waals surface area contributed by atoms with Gasteiger partial charge >= 0.3 is 24.1 Å². The van der Waals surface area contributed by atoms with Crippen LogP contribution in [0.2, 0.25) is 0 Å². The summed E-state index contributed by atoms with van der Waals surface area (Å²) in [5.41, 5.74) is -5.85. The summed E-state index contributed by atoms with van der Waals surface area (Å²) in [4.78, 5) is 36.5. The van der Waals surface area contributed by atoms with E-state index in [1.807, 2.05) is 0 Å². The third-order valence-corrected chi connectivity index (χ3v) is 7.28. The van der Waals surface area contributed by atoms with E-state index in [1.54, 1.807) is 27.7 Å². The highest BCUT2D eigenvalue weighted by Gasteiger charge is 2.64. The van der Waals surface area contributed by atoms with Crippen molar-refractivity contribution in [2.75, 3.05) is 6.61 Å². The maximum atomic E-state index is 12.7. The predicted molar refractivity (Wildman–Crippen MR) is 104 cm³/mol. The van der Waals surface area contributed by atoms with Crippen LogP contribution in [0.25, 0.3) is 0 Å². The zero-order valence-corrected chi connectivity index (χ0v) is 19.0. The molecular formula is C22H31F3O7. The molecule has 3 atom stereocenters. The molecule has 4 fully saturated rings. The number of halogens is 3. The van der Waals surface area contributed by atoms with Crippen LogP contribution in [0.3, 0.4) is 0 Å². The number of aliphatic hydroxyl groups is 1. The van der Waals surface area contributed by atoms with Gasteiger partial charge in [-0.2, -0.15) is 13.2 Å². The first-order valence-electron chi connectivity index (χ1n) is 10.8. The number of esters is 3. The quantitative estimate of drug-likeness (QED) is 0.492. The highest BCUT2D eigenvalue weighted by atomic mass is 19.4. The average Bonchev–Trinajstić information content (AvgIpc) is 2.61. The lowest BCUT2D eigenvalue weighted by molar-refractivity contribution is -0.259. The molecule has 3 unspecified atom stereocenters. The fraction of sp³-hybridized carbons (Fsp3) is 0.864. The van der Waals surface area contributed by atoms with Crippen LogP contribution in [0, 0.1) is 23.2 Å². The van der Waals surface area contributed by atoms with E-state index in [-0.39, 0.29) is 24.7 Å². The van der Waals surface area contributed by atoms with Crippen molar-refractivity contribution in [3.05, 3.63) is 0 Å². The second-order valence-corrected chi connectivity index (χ2v) is 11.0. The molecule has 0 radical (unpaired) electrons. The molecule has 182 valence electrons. The number of hydrogen-bond acceptors (Lipinski definition) is 7. The van der Waals surface area contributed by atoms with Crippen molar-refractivity contribution in [2.45, 2.75) is 89.7 Å². The molecule has 0 aromatic rings. The van der Waals surface area contributed by atoms with Crippen LogP contribution in [0.5, 0.6) is 0 Å². The minimum absolute atomic E-state index is 0.0838. The van der Waals surface area contributed by atoms with Crippen molar-refractivity contribution in [1.82, 2.24) is 0 Å². The lowest BCUT2D eigenvalue weighted by Gasteiger charge is -2.62. The van der Waals surface area contributed by atoms with E-state index in [0.29, 0.717) is 18.8 Å². The van der Waals surface area contributed by atoms with Gasteiger partial charge in [0.15, 0.2) is 6.61 Å². The Balaban J connectivity index is 1.65. The number of rotatable bonds is 5. The molecule has 0 aliphatic heterocycles. The van der Waals surface area contributed by atoms with Crippen molar-refractivity contribution >= 4 is 17.9 Å². The summed E-state index contributed by atoms with van der Waals surface area (Å²) < 4.78 is 54.2. The van der Waals surface area contributed by atoms with Gasteiger partial charge in [0, 0.05) is 11.8 Å². The summed E-state index contributed by atoms with van der Waals surface area (Å²) in [7, 11) is 0. The largest absolute Gasteiger partial charge is 0.459 e. The van der Waals surface area contributed by atoms with E-state index in [4.69, 9.17) is 9.47 Å². The highest BCUT2D eigenvalue weighted by molar-refractivity contribution is 5.82. The van der Waals surface area contributed by atoms with E-state index in [1.165, 1.54) is 0 Å². The smallest absolute Gasteiger partial charge is 0.427 e. The number of carbonyl (C=O) groups excluding carboxylic acids is 3. The third-order valence-electron chi connectivity index (χ3n) is 7.28. The molecule has 0 aromatic heterocycles. The molecule has 4 saturated carbocycles. The topological polar surface area (TPSA) is 99.1 Å². The van der Waals surface area contributed by atoms with E-state index in [0.717, 1.165) is 19.3 Å². The van der Waals surface area contributed by atoms with Crippen molar-refractivity contribution < 1.29 is 46.9 Å². The van der Waals surface area contributed by atoms with Crippen LogP contribution in [-0.4, -0.2) is 52.6 Å². The summed E-state index contributed by atoms with van der Waals surface area (Å²) in [6.45, 7) is 6.38. The molecule has 4 aliphatic rings. The molecule has 0 spiro atoms. The van der Waals surface area contributed by atoms with E-state index in [9.17, 15) is 32.7 Å². The second kappa shape index (κ2) is 7.60. The zero-order chi connectivity index (χ0) is 24.3.